The predicted molar refractivity (Wildman–Crippen MR) is 131 cm³/mol. The van der Waals surface area contributed by atoms with Crippen LogP contribution in [-0.4, -0.2) is 48.4 Å². The van der Waals surface area contributed by atoms with Gasteiger partial charge in [-0.2, -0.15) is 0 Å². The average molecular weight is 485 g/mol. The number of rotatable bonds is 4. The molecule has 4 saturated carbocycles. The van der Waals surface area contributed by atoms with E-state index in [1.54, 1.807) is 13.8 Å². The average Bonchev–Trinajstić information content (AvgIpc) is 3.00. The summed E-state index contributed by atoms with van der Waals surface area (Å²) in [6.07, 6.45) is -4.69. The summed E-state index contributed by atoms with van der Waals surface area (Å²) in [5.74, 6) is -3.77. The molecule has 0 bridgehead atoms. The van der Waals surface area contributed by atoms with Crippen molar-refractivity contribution in [2.24, 2.45) is 34.5 Å². The van der Waals surface area contributed by atoms with Gasteiger partial charge in [0.2, 0.25) is 0 Å². The smallest absolute Gasteiger partial charge is 0.192 e. The maximum atomic E-state index is 13.9. The Hall–Kier alpha value is -0.563. The highest BCUT2D eigenvalue weighted by Crippen LogP contribution is 2.68. The van der Waals surface area contributed by atoms with Crippen LogP contribution in [0.3, 0.4) is 0 Å². The standard InChI is InChI=1S/C27H46O5Si/c1-24(2,3)33(6,7)32-16-22(30)27(31)13-11-20-19-9-8-17-14-18(28)10-12-25(17,4)23(19)21(29)15-26(20,27)5/h17,19-21,23,29,31H,8-16H2,1-7H3/t17-,19?,20?,21+,23?,25+,26+,27+/m1/s1/i10D2,14D2,16D2. The number of aliphatic hydroxyl groups is 2. The van der Waals surface area contributed by atoms with E-state index in [1.807, 2.05) is 33.9 Å². The van der Waals surface area contributed by atoms with Gasteiger partial charge in [0.15, 0.2) is 14.1 Å². The highest BCUT2D eigenvalue weighted by molar-refractivity contribution is 6.74. The molecule has 0 spiro atoms. The van der Waals surface area contributed by atoms with Gasteiger partial charge in [-0.05, 0) is 85.7 Å². The Morgan fingerprint density at radius 1 is 1.24 bits per heavy atom. The van der Waals surface area contributed by atoms with E-state index in [4.69, 9.17) is 12.7 Å². The number of ketones is 2. The minimum Gasteiger partial charge on any atom is -0.409 e. The first-order valence-electron chi connectivity index (χ1n) is 15.5. The minimum atomic E-state index is -2.71. The van der Waals surface area contributed by atoms with Crippen molar-refractivity contribution in [2.75, 3.05) is 6.56 Å². The van der Waals surface area contributed by atoms with Crippen LogP contribution in [0.4, 0.5) is 0 Å². The van der Waals surface area contributed by atoms with Crippen molar-refractivity contribution in [2.45, 2.75) is 116 Å². The van der Waals surface area contributed by atoms with E-state index in [0.29, 0.717) is 19.3 Å². The Morgan fingerprint density at radius 2 is 1.91 bits per heavy atom. The van der Waals surface area contributed by atoms with Crippen molar-refractivity contribution >= 4 is 19.9 Å². The predicted octanol–water partition coefficient (Wildman–Crippen LogP) is 4.89. The number of hydrogen-bond acceptors (Lipinski definition) is 5. The van der Waals surface area contributed by atoms with Gasteiger partial charge in [0.05, 0.1) is 15.4 Å². The first-order chi connectivity index (χ1) is 17.3. The largest absolute Gasteiger partial charge is 0.409 e. The molecule has 0 amide bonds. The monoisotopic (exact) mass is 484 g/mol. The van der Waals surface area contributed by atoms with Crippen LogP contribution in [0.15, 0.2) is 0 Å². The summed E-state index contributed by atoms with van der Waals surface area (Å²) in [5, 5.41) is 23.3. The van der Waals surface area contributed by atoms with Gasteiger partial charge in [0.1, 0.15) is 11.4 Å². The third-order valence-corrected chi connectivity index (χ3v) is 14.7. The second-order valence-electron chi connectivity index (χ2n) is 13.1. The van der Waals surface area contributed by atoms with E-state index >= 15 is 0 Å². The lowest BCUT2D eigenvalue weighted by atomic mass is 9.43. The topological polar surface area (TPSA) is 83.8 Å². The third kappa shape index (κ3) is 3.73. The molecule has 0 saturated heterocycles. The van der Waals surface area contributed by atoms with Crippen molar-refractivity contribution in [3.8, 4) is 0 Å². The first-order valence-corrected chi connectivity index (χ1v) is 15.4. The van der Waals surface area contributed by atoms with Gasteiger partial charge in [-0.3, -0.25) is 9.59 Å². The lowest BCUT2D eigenvalue weighted by Crippen LogP contribution is -2.63. The Morgan fingerprint density at radius 3 is 2.55 bits per heavy atom. The van der Waals surface area contributed by atoms with Gasteiger partial charge >= 0.3 is 0 Å². The van der Waals surface area contributed by atoms with Crippen LogP contribution in [0.1, 0.15) is 94.1 Å². The van der Waals surface area contributed by atoms with Crippen LogP contribution in [0, 0.1) is 34.5 Å². The molecule has 4 aliphatic carbocycles. The van der Waals surface area contributed by atoms with Crippen molar-refractivity contribution in [3.63, 3.8) is 0 Å². The molecule has 6 heteroatoms. The number of carbonyl (C=O) groups excluding carboxylic acids is 2. The third-order valence-electron chi connectivity index (χ3n) is 10.5. The first kappa shape index (κ1) is 18.7. The molecule has 0 heterocycles. The van der Waals surface area contributed by atoms with Crippen LogP contribution < -0.4 is 0 Å². The number of aliphatic hydroxyl groups excluding tert-OH is 1. The van der Waals surface area contributed by atoms with E-state index in [0.717, 1.165) is 0 Å². The Balaban J connectivity index is 1.69. The Bertz CT molecular complexity index is 1060. The summed E-state index contributed by atoms with van der Waals surface area (Å²) in [4.78, 5) is 26.6. The Kier molecular flexibility index (Phi) is 4.51. The van der Waals surface area contributed by atoms with Crippen LogP contribution >= 0.6 is 0 Å². The van der Waals surface area contributed by atoms with Gasteiger partial charge < -0.3 is 14.6 Å². The van der Waals surface area contributed by atoms with Gasteiger partial charge in [0.25, 0.3) is 0 Å². The molecule has 2 N–H and O–H groups in total. The van der Waals surface area contributed by atoms with Crippen LogP contribution in [-0.2, 0) is 14.0 Å². The maximum absolute atomic E-state index is 13.9. The normalized spacial score (nSPS) is 52.0. The fourth-order valence-corrected chi connectivity index (χ4v) is 8.01. The van der Waals surface area contributed by atoms with Gasteiger partial charge in [-0.1, -0.05) is 34.6 Å². The minimum absolute atomic E-state index is 0.000494. The zero-order valence-electron chi connectivity index (χ0n) is 27.2. The van der Waals surface area contributed by atoms with E-state index in [2.05, 4.69) is 0 Å². The highest BCUT2D eigenvalue weighted by Gasteiger charge is 2.68. The molecule has 4 fully saturated rings. The number of carbonyl (C=O) groups is 2. The maximum Gasteiger partial charge on any atom is 0.192 e. The number of Topliss-reactive ketones (excluding diaryl/α,β-unsaturated/α-hetero) is 2. The van der Waals surface area contributed by atoms with Crippen molar-refractivity contribution in [3.05, 3.63) is 0 Å². The molecule has 33 heavy (non-hydrogen) atoms. The molecule has 8 atom stereocenters. The summed E-state index contributed by atoms with van der Waals surface area (Å²) in [6.45, 7) is 10.4. The summed E-state index contributed by atoms with van der Waals surface area (Å²) in [7, 11) is -2.71. The molecule has 5 nitrogen and oxygen atoms in total. The van der Waals surface area contributed by atoms with E-state index in [9.17, 15) is 19.8 Å². The molecule has 4 rings (SSSR count). The molecule has 0 radical (unpaired) electrons. The molecule has 0 aromatic carbocycles. The SMILES string of the molecule is [2H]C1([2H])C[C@]2(C)C3C(CC[C@@H]2C([2H])([2H])C1=O)C1CC[C@](O)(C(=O)C([2H])([2H])O[Si](C)(C)C(C)(C)C)[C@@]1(C)C[C@@H]3O. The van der Waals surface area contributed by atoms with E-state index in [1.165, 1.54) is 0 Å². The summed E-state index contributed by atoms with van der Waals surface area (Å²) in [5.41, 5.74) is -4.19. The van der Waals surface area contributed by atoms with Gasteiger partial charge in [-0.25, -0.2) is 0 Å². The number of fused-ring (bicyclic) bond motifs is 5. The Labute approximate surface area is 209 Å². The summed E-state index contributed by atoms with van der Waals surface area (Å²) in [6, 6.07) is 0. The molecule has 3 unspecified atom stereocenters. The molecule has 4 aliphatic rings. The quantitative estimate of drug-likeness (QED) is 0.555. The van der Waals surface area contributed by atoms with Crippen LogP contribution in [0.5, 0.6) is 0 Å². The molecule has 188 valence electrons. The molecule has 0 aromatic rings. The fourth-order valence-electron chi connectivity index (χ4n) is 7.35. The van der Waals surface area contributed by atoms with Crippen LogP contribution in [0.25, 0.3) is 0 Å². The second-order valence-corrected chi connectivity index (χ2v) is 17.9. The molecule has 0 aromatic heterocycles. The molecule has 0 aliphatic heterocycles. The zero-order chi connectivity index (χ0) is 30.0. The van der Waals surface area contributed by atoms with Crippen molar-refractivity contribution in [1.82, 2.24) is 0 Å². The van der Waals surface area contributed by atoms with Crippen LogP contribution in [0.2, 0.25) is 18.1 Å². The molecular formula is C27H46O5Si. The fraction of sp³-hybridized carbons (Fsp3) is 0.926. The van der Waals surface area contributed by atoms with Gasteiger partial charge in [-0.15, -0.1) is 0 Å². The van der Waals surface area contributed by atoms with E-state index in [-0.39, 0.29) is 36.1 Å². The summed E-state index contributed by atoms with van der Waals surface area (Å²) < 4.78 is 57.0. The summed E-state index contributed by atoms with van der Waals surface area (Å²) >= 11 is 0. The van der Waals surface area contributed by atoms with Crippen molar-refractivity contribution < 1.29 is 32.5 Å². The van der Waals surface area contributed by atoms with E-state index < -0.39 is 73.6 Å². The zero-order valence-corrected chi connectivity index (χ0v) is 22.2. The lowest BCUT2D eigenvalue weighted by Gasteiger charge is -2.62. The second kappa shape index (κ2) is 7.97. The lowest BCUT2D eigenvalue weighted by molar-refractivity contribution is -0.198. The molecular weight excluding hydrogens is 432 g/mol. The van der Waals surface area contributed by atoms with Gasteiger partial charge in [0, 0.05) is 23.6 Å². The highest BCUT2D eigenvalue weighted by atomic mass is 28.4. The number of hydrogen-bond donors (Lipinski definition) is 2. The van der Waals surface area contributed by atoms with Crippen molar-refractivity contribution in [1.29, 1.82) is 0 Å².